The van der Waals surface area contributed by atoms with E-state index in [0.29, 0.717) is 22.9 Å². The van der Waals surface area contributed by atoms with E-state index in [2.05, 4.69) is 40.3 Å². The zero-order valence-corrected chi connectivity index (χ0v) is 19.7. The molecule has 1 aliphatic rings. The van der Waals surface area contributed by atoms with Gasteiger partial charge in [-0.05, 0) is 67.3 Å². The Labute approximate surface area is 194 Å². The highest BCUT2D eigenvalue weighted by atomic mass is 35.5. The van der Waals surface area contributed by atoms with Crippen LogP contribution in [-0.2, 0) is 4.79 Å². The maximum atomic E-state index is 11.2. The molecule has 1 aromatic carbocycles. The summed E-state index contributed by atoms with van der Waals surface area (Å²) in [5.74, 6) is 0.0847. The van der Waals surface area contributed by atoms with Crippen LogP contribution in [0.2, 0.25) is 5.15 Å². The quantitative estimate of drug-likeness (QED) is 0.472. The number of aromatic nitrogens is 2. The van der Waals surface area contributed by atoms with E-state index in [-0.39, 0.29) is 18.4 Å². The first-order valence-corrected chi connectivity index (χ1v) is 11.7. The number of aliphatic hydroxyl groups excluding tert-OH is 1. The summed E-state index contributed by atoms with van der Waals surface area (Å²) in [6.07, 6.45) is 3.33. The van der Waals surface area contributed by atoms with E-state index in [4.69, 9.17) is 11.6 Å². The van der Waals surface area contributed by atoms with E-state index in [1.165, 1.54) is 0 Å². The Balaban J connectivity index is 1.99. The van der Waals surface area contributed by atoms with Gasteiger partial charge in [-0.2, -0.15) is 0 Å². The average molecular weight is 461 g/mol. The van der Waals surface area contributed by atoms with Gasteiger partial charge in [0.25, 0.3) is 0 Å². The minimum absolute atomic E-state index is 0.0652. The standard InChI is InChI=1S/C24H33ClN4O3/c1-15(2)14-29(18-5-7-19(30)8-6-18)21-9-4-17(16(3)12-24(31)32)13-20(21)26-23-11-10-22(25)27-28-23/h4,9-11,13,15-16,18-19,30H,5-8,12,14H2,1-3H3,(H,26,28)(H,31,32)/t16-,18?,19?/m1/s1. The fraction of sp³-hybridized carbons (Fsp3) is 0.542. The van der Waals surface area contributed by atoms with Crippen molar-refractivity contribution >= 4 is 34.8 Å². The summed E-state index contributed by atoms with van der Waals surface area (Å²) in [6, 6.07) is 9.90. The van der Waals surface area contributed by atoms with Gasteiger partial charge in [-0.25, -0.2) is 0 Å². The highest BCUT2D eigenvalue weighted by molar-refractivity contribution is 6.29. The molecule has 1 aliphatic carbocycles. The van der Waals surface area contributed by atoms with Crippen molar-refractivity contribution in [2.75, 3.05) is 16.8 Å². The number of halogens is 1. The summed E-state index contributed by atoms with van der Waals surface area (Å²) in [4.78, 5) is 13.7. The van der Waals surface area contributed by atoms with E-state index < -0.39 is 5.97 Å². The van der Waals surface area contributed by atoms with E-state index in [1.807, 2.05) is 19.1 Å². The van der Waals surface area contributed by atoms with Crippen LogP contribution in [0.25, 0.3) is 0 Å². The minimum Gasteiger partial charge on any atom is -0.481 e. The van der Waals surface area contributed by atoms with Gasteiger partial charge in [-0.1, -0.05) is 38.4 Å². The van der Waals surface area contributed by atoms with Gasteiger partial charge in [0.2, 0.25) is 0 Å². The molecule has 0 unspecified atom stereocenters. The van der Waals surface area contributed by atoms with Crippen LogP contribution in [0.5, 0.6) is 0 Å². The Morgan fingerprint density at radius 3 is 2.47 bits per heavy atom. The lowest BCUT2D eigenvalue weighted by Gasteiger charge is -2.39. The Morgan fingerprint density at radius 2 is 1.88 bits per heavy atom. The van der Waals surface area contributed by atoms with Crippen LogP contribution in [0.4, 0.5) is 17.2 Å². The topological polar surface area (TPSA) is 98.6 Å². The van der Waals surface area contributed by atoms with E-state index in [1.54, 1.807) is 12.1 Å². The van der Waals surface area contributed by atoms with Gasteiger partial charge in [0, 0.05) is 12.6 Å². The second kappa shape index (κ2) is 11.0. The Hall–Kier alpha value is -2.38. The van der Waals surface area contributed by atoms with Gasteiger partial charge >= 0.3 is 5.97 Å². The maximum Gasteiger partial charge on any atom is 0.303 e. The molecule has 0 spiro atoms. The number of benzene rings is 1. The number of carboxylic acids is 1. The molecule has 2 aromatic rings. The van der Waals surface area contributed by atoms with Gasteiger partial charge in [0.05, 0.1) is 23.9 Å². The SMILES string of the molecule is CC(C)CN(c1ccc([C@H](C)CC(=O)O)cc1Nc1ccc(Cl)nn1)C1CCC(O)CC1. The molecule has 1 saturated carbocycles. The number of carboxylic acid groups (broad SMARTS) is 1. The van der Waals surface area contributed by atoms with Crippen molar-refractivity contribution in [3.05, 3.63) is 41.0 Å². The zero-order chi connectivity index (χ0) is 23.3. The zero-order valence-electron chi connectivity index (χ0n) is 19.0. The molecule has 174 valence electrons. The third-order valence-electron chi connectivity index (χ3n) is 5.94. The predicted octanol–water partition coefficient (Wildman–Crippen LogP) is 5.22. The molecule has 0 saturated heterocycles. The van der Waals surface area contributed by atoms with Crippen molar-refractivity contribution in [3.8, 4) is 0 Å². The molecule has 3 rings (SSSR count). The monoisotopic (exact) mass is 460 g/mol. The van der Waals surface area contributed by atoms with Gasteiger partial charge in [0.15, 0.2) is 11.0 Å². The van der Waals surface area contributed by atoms with Crippen molar-refractivity contribution < 1.29 is 15.0 Å². The molecule has 0 bridgehead atoms. The molecule has 3 N–H and O–H groups in total. The second-order valence-electron chi connectivity index (χ2n) is 9.15. The molecule has 0 aliphatic heterocycles. The summed E-state index contributed by atoms with van der Waals surface area (Å²) in [6.45, 7) is 7.20. The highest BCUT2D eigenvalue weighted by Crippen LogP contribution is 2.37. The van der Waals surface area contributed by atoms with Crippen LogP contribution >= 0.6 is 11.6 Å². The maximum absolute atomic E-state index is 11.2. The second-order valence-corrected chi connectivity index (χ2v) is 9.54. The van der Waals surface area contributed by atoms with Crippen molar-refractivity contribution in [1.82, 2.24) is 10.2 Å². The van der Waals surface area contributed by atoms with Crippen molar-refractivity contribution in [1.29, 1.82) is 0 Å². The van der Waals surface area contributed by atoms with E-state index in [9.17, 15) is 15.0 Å². The molecule has 32 heavy (non-hydrogen) atoms. The van der Waals surface area contributed by atoms with Crippen LogP contribution in [0.15, 0.2) is 30.3 Å². The van der Waals surface area contributed by atoms with E-state index in [0.717, 1.165) is 49.2 Å². The normalized spacial score (nSPS) is 19.6. The third kappa shape index (κ3) is 6.56. The first-order chi connectivity index (χ1) is 15.2. The average Bonchev–Trinajstić information content (AvgIpc) is 2.74. The lowest BCUT2D eigenvalue weighted by Crippen LogP contribution is -2.41. The number of nitrogens with zero attached hydrogens (tertiary/aromatic N) is 3. The third-order valence-corrected chi connectivity index (χ3v) is 6.15. The van der Waals surface area contributed by atoms with Crippen molar-refractivity contribution in [3.63, 3.8) is 0 Å². The summed E-state index contributed by atoms with van der Waals surface area (Å²) < 4.78 is 0. The van der Waals surface area contributed by atoms with Gasteiger partial charge in [0.1, 0.15) is 0 Å². The fourth-order valence-electron chi connectivity index (χ4n) is 4.32. The number of hydrogen-bond donors (Lipinski definition) is 3. The molecule has 7 nitrogen and oxygen atoms in total. The first-order valence-electron chi connectivity index (χ1n) is 11.3. The molecule has 1 aromatic heterocycles. The number of aliphatic carboxylic acids is 1. The summed E-state index contributed by atoms with van der Waals surface area (Å²) in [5, 5.41) is 31.0. The molecule has 0 radical (unpaired) electrons. The van der Waals surface area contributed by atoms with E-state index >= 15 is 0 Å². The smallest absolute Gasteiger partial charge is 0.303 e. The molecule has 0 amide bonds. The largest absolute Gasteiger partial charge is 0.481 e. The van der Waals surface area contributed by atoms with Crippen LogP contribution in [-0.4, -0.2) is 45.1 Å². The number of carbonyl (C=O) groups is 1. The van der Waals surface area contributed by atoms with Crippen molar-refractivity contribution in [2.45, 2.75) is 70.9 Å². The Bertz CT molecular complexity index is 899. The Morgan fingerprint density at radius 1 is 1.16 bits per heavy atom. The van der Waals surface area contributed by atoms with Crippen LogP contribution in [0.1, 0.15) is 64.4 Å². The fourth-order valence-corrected chi connectivity index (χ4v) is 4.42. The van der Waals surface area contributed by atoms with Crippen LogP contribution < -0.4 is 10.2 Å². The molecule has 1 heterocycles. The molecular formula is C24H33ClN4O3. The number of hydrogen-bond acceptors (Lipinski definition) is 6. The Kier molecular flexibility index (Phi) is 8.32. The van der Waals surface area contributed by atoms with Crippen molar-refractivity contribution in [2.24, 2.45) is 5.92 Å². The molecule has 1 fully saturated rings. The van der Waals surface area contributed by atoms with Gasteiger partial charge in [-0.3, -0.25) is 4.79 Å². The number of anilines is 3. The molecular weight excluding hydrogens is 428 g/mol. The summed E-state index contributed by atoms with van der Waals surface area (Å²) >= 11 is 5.90. The molecule has 8 heteroatoms. The van der Waals surface area contributed by atoms with Crippen LogP contribution in [0.3, 0.4) is 0 Å². The summed E-state index contributed by atoms with van der Waals surface area (Å²) in [7, 11) is 0. The lowest BCUT2D eigenvalue weighted by atomic mass is 9.90. The first kappa shape index (κ1) is 24.3. The van der Waals surface area contributed by atoms with Gasteiger partial charge < -0.3 is 20.4 Å². The molecule has 1 atom stereocenters. The highest BCUT2D eigenvalue weighted by Gasteiger charge is 2.27. The van der Waals surface area contributed by atoms with Crippen LogP contribution in [0, 0.1) is 5.92 Å². The number of aliphatic hydroxyl groups is 1. The minimum atomic E-state index is -0.818. The lowest BCUT2D eigenvalue weighted by molar-refractivity contribution is -0.137. The van der Waals surface area contributed by atoms with Gasteiger partial charge in [-0.15, -0.1) is 10.2 Å². The predicted molar refractivity (Wildman–Crippen MR) is 128 cm³/mol. The number of nitrogens with one attached hydrogen (secondary N) is 1. The number of rotatable bonds is 9. The summed E-state index contributed by atoms with van der Waals surface area (Å²) in [5.41, 5.74) is 2.86.